The lowest BCUT2D eigenvalue weighted by molar-refractivity contribution is -0.268. The monoisotopic (exact) mass is 337 g/mol. The molecule has 0 atom stereocenters. The number of benzene rings is 1. The first-order valence-corrected chi connectivity index (χ1v) is 7.62. The van der Waals surface area contributed by atoms with Gasteiger partial charge in [0, 0.05) is 12.2 Å². The number of nitrogens with one attached hydrogen (secondary N) is 2. The van der Waals surface area contributed by atoms with E-state index in [1.54, 1.807) is 12.1 Å². The molecule has 1 aromatic carbocycles. The highest BCUT2D eigenvalue weighted by Gasteiger charge is 1.96. The average Bonchev–Trinajstić information content (AvgIpc) is 2.55. The van der Waals surface area contributed by atoms with Crippen LogP contribution in [0.1, 0.15) is 0 Å². The zero-order valence-electron chi connectivity index (χ0n) is 12.9. The molecule has 0 aliphatic carbocycles. The highest BCUT2D eigenvalue weighted by Crippen LogP contribution is 2.10. The molecular weight excluding hydrogens is 316 g/mol. The lowest BCUT2D eigenvalue weighted by Gasteiger charge is -2.12. The van der Waals surface area contributed by atoms with E-state index in [4.69, 9.17) is 32.9 Å². The van der Waals surface area contributed by atoms with Crippen molar-refractivity contribution in [2.75, 3.05) is 51.5 Å². The first-order chi connectivity index (χ1) is 11.2. The van der Waals surface area contributed by atoms with E-state index in [1.807, 2.05) is 0 Å². The fourth-order valence-electron chi connectivity index (χ4n) is 1.52. The molecule has 1 rings (SSSR count). The normalized spacial score (nSPS) is 10.0. The Morgan fingerprint density at radius 2 is 1.65 bits per heavy atom. The van der Waals surface area contributed by atoms with Gasteiger partial charge in [0.1, 0.15) is 6.61 Å². The van der Waals surface area contributed by atoms with Gasteiger partial charge in [0.05, 0.1) is 33.0 Å². The quantitative estimate of drug-likeness (QED) is 0.350. The molecule has 0 amide bonds. The first kappa shape index (κ1) is 19.2. The van der Waals surface area contributed by atoms with E-state index < -0.39 is 0 Å². The number of terminal acetylenes is 1. The molecule has 0 heterocycles. The van der Waals surface area contributed by atoms with Gasteiger partial charge in [-0.3, -0.25) is 0 Å². The fourth-order valence-corrected chi connectivity index (χ4v) is 1.74. The molecule has 23 heavy (non-hydrogen) atoms. The summed E-state index contributed by atoms with van der Waals surface area (Å²) in [4.78, 5) is 0. The van der Waals surface area contributed by atoms with Crippen molar-refractivity contribution in [1.29, 1.82) is 0 Å². The predicted octanol–water partition coefficient (Wildman–Crippen LogP) is 0.730. The van der Waals surface area contributed by atoms with Crippen molar-refractivity contribution in [2.24, 2.45) is 0 Å². The molecule has 0 fully saturated rings. The minimum Gasteiger partial charge on any atom is -0.872 e. The van der Waals surface area contributed by atoms with Gasteiger partial charge in [-0.25, -0.2) is 0 Å². The number of ether oxygens (including phenoxy) is 3. The zero-order valence-corrected chi connectivity index (χ0v) is 13.7. The van der Waals surface area contributed by atoms with Crippen LogP contribution in [0.2, 0.25) is 0 Å². The molecule has 1 aromatic rings. The summed E-state index contributed by atoms with van der Waals surface area (Å²) in [6, 6.07) is 6.31. The maximum absolute atomic E-state index is 11.0. The van der Waals surface area contributed by atoms with Crippen LogP contribution in [0.15, 0.2) is 24.3 Å². The van der Waals surface area contributed by atoms with Crippen molar-refractivity contribution < 1.29 is 19.3 Å². The smallest absolute Gasteiger partial charge is 0.170 e. The van der Waals surface area contributed by atoms with Crippen LogP contribution in [-0.2, 0) is 14.2 Å². The van der Waals surface area contributed by atoms with E-state index in [2.05, 4.69) is 16.6 Å². The summed E-state index contributed by atoms with van der Waals surface area (Å²) in [5.74, 6) is 2.35. The highest BCUT2D eigenvalue weighted by molar-refractivity contribution is 7.80. The summed E-state index contributed by atoms with van der Waals surface area (Å²) in [6.45, 7) is 3.39. The number of hydrogen-bond acceptors (Lipinski definition) is 5. The maximum atomic E-state index is 11.0. The Labute approximate surface area is 142 Å². The predicted molar refractivity (Wildman–Crippen MR) is 91.4 cm³/mol. The molecule has 0 bridgehead atoms. The van der Waals surface area contributed by atoms with Gasteiger partial charge in [-0.2, -0.15) is 0 Å². The van der Waals surface area contributed by atoms with E-state index in [0.29, 0.717) is 51.3 Å². The van der Waals surface area contributed by atoms with Crippen molar-refractivity contribution in [3.05, 3.63) is 24.3 Å². The van der Waals surface area contributed by atoms with Crippen molar-refractivity contribution in [3.8, 4) is 18.1 Å². The van der Waals surface area contributed by atoms with Crippen LogP contribution < -0.4 is 15.7 Å². The average molecular weight is 337 g/mol. The Bertz CT molecular complexity index is 488. The van der Waals surface area contributed by atoms with Crippen LogP contribution in [0, 0.1) is 12.3 Å². The second-order valence-corrected chi connectivity index (χ2v) is 4.79. The first-order valence-electron chi connectivity index (χ1n) is 7.21. The summed E-state index contributed by atoms with van der Waals surface area (Å²) in [5, 5.41) is 17.4. The highest BCUT2D eigenvalue weighted by atomic mass is 32.1. The lowest BCUT2D eigenvalue weighted by atomic mass is 10.3. The molecule has 0 saturated carbocycles. The second-order valence-electron chi connectivity index (χ2n) is 4.39. The third-order valence-corrected chi connectivity index (χ3v) is 2.82. The van der Waals surface area contributed by atoms with Gasteiger partial charge in [0.25, 0.3) is 0 Å². The van der Waals surface area contributed by atoms with Gasteiger partial charge in [-0.05, 0) is 24.4 Å². The molecule has 0 aliphatic heterocycles. The summed E-state index contributed by atoms with van der Waals surface area (Å²) in [6.07, 6.45) is 5.04. The van der Waals surface area contributed by atoms with Crippen molar-refractivity contribution in [3.63, 3.8) is 0 Å². The molecule has 6 nitrogen and oxygen atoms in total. The third-order valence-electron chi connectivity index (χ3n) is 2.57. The van der Waals surface area contributed by atoms with Gasteiger partial charge in [0.15, 0.2) is 5.11 Å². The summed E-state index contributed by atoms with van der Waals surface area (Å²) in [7, 11) is 0. The standard InChI is InChI=1S/C16H22N2O4S/c1-2-8-20-10-12-22-13-11-21-9-7-17-16(23)18-14-3-5-15(19)6-4-14/h1,3-6,19H,7-13H2,(H2,17,18,23)/p-1. The summed E-state index contributed by atoms with van der Waals surface area (Å²) in [5.41, 5.74) is 0.767. The van der Waals surface area contributed by atoms with E-state index in [1.165, 1.54) is 12.1 Å². The molecule has 0 aromatic heterocycles. The Balaban J connectivity index is 1.91. The number of hydrogen-bond donors (Lipinski definition) is 2. The number of rotatable bonds is 11. The largest absolute Gasteiger partial charge is 0.872 e. The van der Waals surface area contributed by atoms with Crippen LogP contribution in [0.25, 0.3) is 0 Å². The van der Waals surface area contributed by atoms with Crippen LogP contribution in [-0.4, -0.2) is 51.3 Å². The van der Waals surface area contributed by atoms with E-state index in [9.17, 15) is 5.11 Å². The van der Waals surface area contributed by atoms with Gasteiger partial charge in [0.2, 0.25) is 0 Å². The fraction of sp³-hybridized carbons (Fsp3) is 0.438. The van der Waals surface area contributed by atoms with Crippen LogP contribution >= 0.6 is 12.2 Å². The van der Waals surface area contributed by atoms with E-state index >= 15 is 0 Å². The minimum absolute atomic E-state index is 0.0346. The van der Waals surface area contributed by atoms with Gasteiger partial charge >= 0.3 is 0 Å². The molecule has 0 aliphatic rings. The van der Waals surface area contributed by atoms with Crippen molar-refractivity contribution >= 4 is 23.0 Å². The van der Waals surface area contributed by atoms with Gasteiger partial charge in [-0.1, -0.05) is 18.1 Å². The Hall–Kier alpha value is -1.85. The number of anilines is 1. The molecule has 0 radical (unpaired) electrons. The molecule has 0 spiro atoms. The SMILES string of the molecule is C#CCOCCOCCOCCNC(=S)Nc1ccc([O-])cc1. The minimum atomic E-state index is -0.0346. The maximum Gasteiger partial charge on any atom is 0.170 e. The summed E-state index contributed by atoms with van der Waals surface area (Å²) >= 11 is 5.13. The zero-order chi connectivity index (χ0) is 16.8. The molecule has 0 unspecified atom stereocenters. The lowest BCUT2D eigenvalue weighted by Crippen LogP contribution is -2.31. The van der Waals surface area contributed by atoms with Crippen LogP contribution in [0.3, 0.4) is 0 Å². The number of thiocarbonyl (C=S) groups is 1. The molecule has 126 valence electrons. The third kappa shape index (κ3) is 10.5. The second kappa shape index (κ2) is 12.7. The topological polar surface area (TPSA) is 74.8 Å². The van der Waals surface area contributed by atoms with E-state index in [-0.39, 0.29) is 5.75 Å². The Kier molecular flexibility index (Phi) is 10.6. The summed E-state index contributed by atoms with van der Waals surface area (Å²) < 4.78 is 15.7. The van der Waals surface area contributed by atoms with Crippen LogP contribution in [0.5, 0.6) is 5.75 Å². The van der Waals surface area contributed by atoms with Crippen LogP contribution in [0.4, 0.5) is 5.69 Å². The molecule has 2 N–H and O–H groups in total. The van der Waals surface area contributed by atoms with Gasteiger partial charge in [-0.15, -0.1) is 12.2 Å². The Morgan fingerprint density at radius 1 is 1.04 bits per heavy atom. The Morgan fingerprint density at radius 3 is 2.30 bits per heavy atom. The van der Waals surface area contributed by atoms with Crippen molar-refractivity contribution in [1.82, 2.24) is 5.32 Å². The molecular formula is C16H21N2O4S-. The van der Waals surface area contributed by atoms with Crippen molar-refractivity contribution in [2.45, 2.75) is 0 Å². The molecule has 7 heteroatoms. The molecule has 0 saturated heterocycles. The van der Waals surface area contributed by atoms with Gasteiger partial charge < -0.3 is 30.0 Å². The van der Waals surface area contributed by atoms with E-state index in [0.717, 1.165) is 5.69 Å².